The number of fused-ring (bicyclic) bond motifs is 1. The normalized spacial score (nSPS) is 17.3. The Morgan fingerprint density at radius 1 is 0.781 bits per heavy atom. The SMILES string of the molecule is c1nc(N2CCOCC2)cc(N2CCN(c3ccc4nnc(-c5ccsc5)n4n3)CC2)n1. The molecule has 2 aliphatic heterocycles. The van der Waals surface area contributed by atoms with E-state index in [4.69, 9.17) is 9.84 Å². The van der Waals surface area contributed by atoms with Crippen molar-refractivity contribution in [3.63, 3.8) is 0 Å². The van der Waals surface area contributed by atoms with E-state index in [1.54, 1.807) is 17.7 Å². The van der Waals surface area contributed by atoms with E-state index < -0.39 is 0 Å². The molecule has 0 N–H and O–H groups in total. The number of ether oxygens (including phenoxy) is 1. The first-order valence-corrected chi connectivity index (χ1v) is 11.7. The quantitative estimate of drug-likeness (QED) is 0.463. The number of thiophene rings is 1. The van der Waals surface area contributed by atoms with Crippen molar-refractivity contribution in [1.82, 2.24) is 29.8 Å². The zero-order valence-corrected chi connectivity index (χ0v) is 18.4. The highest BCUT2D eigenvalue weighted by atomic mass is 32.1. The molecule has 0 aromatic carbocycles. The summed E-state index contributed by atoms with van der Waals surface area (Å²) in [5.74, 6) is 3.66. The van der Waals surface area contributed by atoms with Crippen molar-refractivity contribution in [3.05, 3.63) is 41.4 Å². The summed E-state index contributed by atoms with van der Waals surface area (Å²) in [4.78, 5) is 15.9. The molecule has 0 radical (unpaired) electrons. The van der Waals surface area contributed by atoms with Gasteiger partial charge in [-0.3, -0.25) is 0 Å². The molecule has 6 heterocycles. The molecule has 164 valence electrons. The number of anilines is 3. The maximum atomic E-state index is 5.46. The highest BCUT2D eigenvalue weighted by Crippen LogP contribution is 2.24. The van der Waals surface area contributed by atoms with Crippen LogP contribution in [0.2, 0.25) is 0 Å². The Morgan fingerprint density at radius 2 is 1.50 bits per heavy atom. The molecule has 11 heteroatoms. The molecule has 0 bridgehead atoms. The van der Waals surface area contributed by atoms with Crippen LogP contribution in [0, 0.1) is 0 Å². The largest absolute Gasteiger partial charge is 0.378 e. The summed E-state index contributed by atoms with van der Waals surface area (Å²) < 4.78 is 7.29. The van der Waals surface area contributed by atoms with Crippen molar-refractivity contribution in [2.24, 2.45) is 0 Å². The molecule has 4 aromatic heterocycles. The Labute approximate surface area is 189 Å². The van der Waals surface area contributed by atoms with Gasteiger partial charge in [0.15, 0.2) is 11.5 Å². The van der Waals surface area contributed by atoms with Gasteiger partial charge in [-0.25, -0.2) is 9.97 Å². The molecule has 0 spiro atoms. The molecule has 4 aromatic rings. The van der Waals surface area contributed by atoms with Crippen molar-refractivity contribution < 1.29 is 4.74 Å². The smallest absolute Gasteiger partial charge is 0.186 e. The van der Waals surface area contributed by atoms with Crippen molar-refractivity contribution in [1.29, 1.82) is 0 Å². The van der Waals surface area contributed by atoms with Crippen molar-refractivity contribution in [2.45, 2.75) is 0 Å². The molecule has 0 saturated carbocycles. The second-order valence-electron chi connectivity index (χ2n) is 7.81. The van der Waals surface area contributed by atoms with Crippen LogP contribution in [0.1, 0.15) is 0 Å². The summed E-state index contributed by atoms with van der Waals surface area (Å²) in [6, 6.07) is 8.14. The number of hydrogen-bond acceptors (Lipinski definition) is 10. The minimum atomic E-state index is 0.746. The lowest BCUT2D eigenvalue weighted by Crippen LogP contribution is -2.47. The summed E-state index contributed by atoms with van der Waals surface area (Å²) in [5.41, 5.74) is 1.79. The van der Waals surface area contributed by atoms with Gasteiger partial charge in [-0.15, -0.1) is 15.3 Å². The van der Waals surface area contributed by atoms with Crippen LogP contribution in [0.4, 0.5) is 17.5 Å². The number of piperazine rings is 1. The molecule has 10 nitrogen and oxygen atoms in total. The third-order valence-corrected chi connectivity index (χ3v) is 6.61. The van der Waals surface area contributed by atoms with Gasteiger partial charge in [0.05, 0.1) is 13.2 Å². The topological polar surface area (TPSA) is 87.8 Å². The third kappa shape index (κ3) is 3.63. The molecular weight excluding hydrogens is 426 g/mol. The van der Waals surface area contributed by atoms with E-state index in [9.17, 15) is 0 Å². The number of hydrogen-bond donors (Lipinski definition) is 0. The summed E-state index contributed by atoms with van der Waals surface area (Å²) in [7, 11) is 0. The predicted octanol–water partition coefficient (Wildman–Crippen LogP) is 1.81. The third-order valence-electron chi connectivity index (χ3n) is 5.93. The first kappa shape index (κ1) is 19.4. The molecule has 6 rings (SSSR count). The maximum Gasteiger partial charge on any atom is 0.186 e. The van der Waals surface area contributed by atoms with Crippen molar-refractivity contribution in [2.75, 3.05) is 67.2 Å². The lowest BCUT2D eigenvalue weighted by molar-refractivity contribution is 0.122. The molecule has 0 atom stereocenters. The molecule has 2 fully saturated rings. The fourth-order valence-corrected chi connectivity index (χ4v) is 4.79. The van der Waals surface area contributed by atoms with Gasteiger partial charge in [-0.05, 0) is 23.6 Å². The summed E-state index contributed by atoms with van der Waals surface area (Å²) in [6.45, 7) is 6.71. The van der Waals surface area contributed by atoms with Gasteiger partial charge < -0.3 is 19.4 Å². The van der Waals surface area contributed by atoms with Crippen LogP contribution in [0.5, 0.6) is 0 Å². The number of morpholine rings is 1. The Hall–Kier alpha value is -3.31. The predicted molar refractivity (Wildman–Crippen MR) is 124 cm³/mol. The monoisotopic (exact) mass is 449 g/mol. The molecule has 0 unspecified atom stereocenters. The minimum absolute atomic E-state index is 0.746. The van der Waals surface area contributed by atoms with Gasteiger partial charge in [0.1, 0.15) is 23.8 Å². The van der Waals surface area contributed by atoms with E-state index in [0.29, 0.717) is 0 Å². The number of rotatable bonds is 4. The fraction of sp³-hybridized carbons (Fsp3) is 0.381. The van der Waals surface area contributed by atoms with Crippen LogP contribution in [0.3, 0.4) is 0 Å². The Kier molecular flexibility index (Phi) is 5.04. The molecule has 32 heavy (non-hydrogen) atoms. The molecule has 2 saturated heterocycles. The molecule has 0 amide bonds. The van der Waals surface area contributed by atoms with Crippen LogP contribution in [-0.2, 0) is 4.74 Å². The van der Waals surface area contributed by atoms with Gasteiger partial charge >= 0.3 is 0 Å². The van der Waals surface area contributed by atoms with Gasteiger partial charge in [0.25, 0.3) is 0 Å². The van der Waals surface area contributed by atoms with E-state index in [-0.39, 0.29) is 0 Å². The average Bonchev–Trinajstić information content (AvgIpc) is 3.54. The maximum absolute atomic E-state index is 5.46. The first-order chi connectivity index (χ1) is 15.8. The number of nitrogens with zero attached hydrogens (tertiary/aromatic N) is 9. The standard InChI is InChI=1S/C21H23N9OS/c1-2-18(26-30-17(1)24-25-21(30)16-3-12-32-14-16)27-4-6-28(7-5-27)19-13-20(23-15-22-19)29-8-10-31-11-9-29/h1-3,12-15H,4-11H2. The van der Waals surface area contributed by atoms with Crippen molar-refractivity contribution in [3.8, 4) is 11.4 Å². The highest BCUT2D eigenvalue weighted by Gasteiger charge is 2.22. The van der Waals surface area contributed by atoms with Crippen molar-refractivity contribution >= 4 is 34.4 Å². The number of aromatic nitrogens is 6. The van der Waals surface area contributed by atoms with Gasteiger partial charge in [0.2, 0.25) is 0 Å². The van der Waals surface area contributed by atoms with Crippen LogP contribution in [0.25, 0.3) is 17.0 Å². The first-order valence-electron chi connectivity index (χ1n) is 10.7. The van der Waals surface area contributed by atoms with E-state index in [0.717, 1.165) is 87.0 Å². The van der Waals surface area contributed by atoms with Crippen LogP contribution < -0.4 is 14.7 Å². The molecule has 2 aliphatic rings. The minimum Gasteiger partial charge on any atom is -0.378 e. The Bertz CT molecular complexity index is 1200. The summed E-state index contributed by atoms with van der Waals surface area (Å²) in [6.07, 6.45) is 1.67. The lowest BCUT2D eigenvalue weighted by Gasteiger charge is -2.36. The Balaban J connectivity index is 1.18. The van der Waals surface area contributed by atoms with Crippen LogP contribution >= 0.6 is 11.3 Å². The zero-order chi connectivity index (χ0) is 21.3. The molecular formula is C21H23N9OS. The van der Waals surface area contributed by atoms with E-state index in [2.05, 4.69) is 46.3 Å². The van der Waals surface area contributed by atoms with Crippen LogP contribution in [0.15, 0.2) is 41.4 Å². The van der Waals surface area contributed by atoms with Crippen LogP contribution in [-0.4, -0.2) is 82.3 Å². The molecule has 0 aliphatic carbocycles. The fourth-order valence-electron chi connectivity index (χ4n) is 4.16. The summed E-state index contributed by atoms with van der Waals surface area (Å²) in [5, 5.41) is 17.5. The van der Waals surface area contributed by atoms with E-state index in [1.807, 2.05) is 28.1 Å². The average molecular weight is 450 g/mol. The van der Waals surface area contributed by atoms with Gasteiger partial charge in [0, 0.05) is 56.3 Å². The Morgan fingerprint density at radius 3 is 2.22 bits per heavy atom. The van der Waals surface area contributed by atoms with Gasteiger partial charge in [-0.1, -0.05) is 0 Å². The van der Waals surface area contributed by atoms with E-state index >= 15 is 0 Å². The summed E-state index contributed by atoms with van der Waals surface area (Å²) >= 11 is 1.64. The van der Waals surface area contributed by atoms with E-state index in [1.165, 1.54) is 0 Å². The zero-order valence-electron chi connectivity index (χ0n) is 17.5. The second-order valence-corrected chi connectivity index (χ2v) is 8.59. The lowest BCUT2D eigenvalue weighted by atomic mass is 10.3. The van der Waals surface area contributed by atoms with Gasteiger partial charge in [-0.2, -0.15) is 15.9 Å². The highest BCUT2D eigenvalue weighted by molar-refractivity contribution is 7.08. The second kappa shape index (κ2) is 8.32.